The minimum atomic E-state index is 0. The van der Waals surface area contributed by atoms with Gasteiger partial charge in [-0.1, -0.05) is 25.6 Å². The van der Waals surface area contributed by atoms with Crippen molar-refractivity contribution in [3.8, 4) is 0 Å². The van der Waals surface area contributed by atoms with Crippen molar-refractivity contribution in [1.82, 2.24) is 0 Å². The Labute approximate surface area is 54.5 Å². The lowest BCUT2D eigenvalue weighted by atomic mass is 10.3. The highest BCUT2D eigenvalue weighted by atomic mass is 19.2. The first-order chi connectivity index (χ1) is 3.93. The van der Waals surface area contributed by atoms with Gasteiger partial charge in [-0.2, -0.15) is 0 Å². The number of hydrogen-bond acceptors (Lipinski definition) is 1. The van der Waals surface area contributed by atoms with Gasteiger partial charge in [0.1, 0.15) is 0 Å². The van der Waals surface area contributed by atoms with Crippen LogP contribution in [0.1, 0.15) is 7.43 Å². The van der Waals surface area contributed by atoms with E-state index in [1.807, 2.05) is 6.07 Å². The van der Waals surface area contributed by atoms with Crippen molar-refractivity contribution in [3.05, 3.63) is 30.3 Å². The molecule has 0 atom stereocenters. The van der Waals surface area contributed by atoms with Gasteiger partial charge in [0.15, 0.2) is 0 Å². The number of nitrogens with one attached hydrogen (secondary N) is 1. The molecule has 0 aliphatic carbocycles. The van der Waals surface area contributed by atoms with Crippen molar-refractivity contribution in [3.63, 3.8) is 0 Å². The first kappa shape index (κ1) is 7.95. The first-order valence-corrected chi connectivity index (χ1v) is 2.35. The van der Waals surface area contributed by atoms with Gasteiger partial charge in [-0.3, -0.25) is 0 Å². The molecule has 0 unspecified atom stereocenters. The molecule has 0 saturated carbocycles. The molecule has 0 heterocycles. The molecule has 0 aliphatic rings. The Bertz CT molecular complexity index is 150. The van der Waals surface area contributed by atoms with Crippen LogP contribution in [0.5, 0.6) is 0 Å². The second-order valence-corrected chi connectivity index (χ2v) is 1.46. The van der Waals surface area contributed by atoms with Crippen molar-refractivity contribution in [1.29, 1.82) is 0 Å². The van der Waals surface area contributed by atoms with Crippen molar-refractivity contribution in [2.24, 2.45) is 0 Å². The average Bonchev–Trinajstić information content (AvgIpc) is 1.90. The largest absolute Gasteiger partial charge is 0.225 e. The van der Waals surface area contributed by atoms with E-state index in [1.165, 1.54) is 5.54 Å². The Morgan fingerprint density at radius 3 is 2.00 bits per heavy atom. The van der Waals surface area contributed by atoms with Gasteiger partial charge in [-0.25, -0.2) is 5.54 Å². The van der Waals surface area contributed by atoms with Crippen LogP contribution in [-0.2, 0) is 0 Å². The SMILES string of the molecule is C.FNc1ccccc1. The van der Waals surface area contributed by atoms with Crippen LogP contribution in [-0.4, -0.2) is 0 Å². The molecule has 0 radical (unpaired) electrons. The van der Waals surface area contributed by atoms with Gasteiger partial charge in [0, 0.05) is 0 Å². The molecule has 1 nitrogen and oxygen atoms in total. The Morgan fingerprint density at radius 2 is 1.67 bits per heavy atom. The molecule has 1 aromatic rings. The molecular weight excluding hydrogens is 117 g/mol. The third-order valence-electron chi connectivity index (χ3n) is 0.883. The van der Waals surface area contributed by atoms with Crippen molar-refractivity contribution < 1.29 is 4.48 Å². The highest BCUT2D eigenvalue weighted by Gasteiger charge is 1.80. The van der Waals surface area contributed by atoms with Crippen LogP contribution in [0.4, 0.5) is 10.2 Å². The molecule has 0 saturated heterocycles. The smallest absolute Gasteiger partial charge is 0.0655 e. The Hall–Kier alpha value is -1.05. The molecule has 0 aromatic heterocycles. The summed E-state index contributed by atoms with van der Waals surface area (Å²) in [7, 11) is 0. The second kappa shape index (κ2) is 3.89. The van der Waals surface area contributed by atoms with Crippen molar-refractivity contribution >= 4 is 5.69 Å². The number of benzene rings is 1. The molecular formula is C7H10FN. The zero-order valence-corrected chi connectivity index (χ0v) is 4.26. The summed E-state index contributed by atoms with van der Waals surface area (Å²) in [6, 6.07) is 8.67. The van der Waals surface area contributed by atoms with Crippen LogP contribution in [0.15, 0.2) is 30.3 Å². The van der Waals surface area contributed by atoms with E-state index in [0.29, 0.717) is 5.69 Å². The summed E-state index contributed by atoms with van der Waals surface area (Å²) in [6.07, 6.45) is 0. The summed E-state index contributed by atoms with van der Waals surface area (Å²) in [4.78, 5) is 0. The van der Waals surface area contributed by atoms with E-state index in [1.54, 1.807) is 24.3 Å². The molecule has 50 valence electrons. The van der Waals surface area contributed by atoms with Gasteiger partial charge in [0.2, 0.25) is 0 Å². The number of para-hydroxylation sites is 1. The molecule has 1 N–H and O–H groups in total. The standard InChI is InChI=1S/C6H6FN.CH4/c7-8-6-4-2-1-3-5-6;/h1-5,8H;1H4. The average molecular weight is 127 g/mol. The van der Waals surface area contributed by atoms with E-state index < -0.39 is 0 Å². The van der Waals surface area contributed by atoms with Crippen LogP contribution in [0.3, 0.4) is 0 Å². The van der Waals surface area contributed by atoms with Crippen molar-refractivity contribution in [2.75, 3.05) is 5.54 Å². The number of anilines is 1. The second-order valence-electron chi connectivity index (χ2n) is 1.46. The summed E-state index contributed by atoms with van der Waals surface area (Å²) in [5.74, 6) is 0. The molecule has 0 spiro atoms. The molecule has 0 amide bonds. The van der Waals surface area contributed by atoms with E-state index in [-0.39, 0.29) is 7.43 Å². The summed E-state index contributed by atoms with van der Waals surface area (Å²) in [5.41, 5.74) is 2.02. The number of hydrogen-bond donors (Lipinski definition) is 1. The molecule has 2 heteroatoms. The predicted molar refractivity (Wildman–Crippen MR) is 37.9 cm³/mol. The van der Waals surface area contributed by atoms with E-state index in [9.17, 15) is 4.48 Å². The lowest BCUT2D eigenvalue weighted by molar-refractivity contribution is 0.618. The van der Waals surface area contributed by atoms with E-state index in [4.69, 9.17) is 0 Å². The van der Waals surface area contributed by atoms with Gasteiger partial charge < -0.3 is 0 Å². The van der Waals surface area contributed by atoms with Crippen molar-refractivity contribution in [2.45, 2.75) is 7.43 Å². The van der Waals surface area contributed by atoms with Crippen LogP contribution < -0.4 is 5.54 Å². The first-order valence-electron chi connectivity index (χ1n) is 2.35. The van der Waals surface area contributed by atoms with Gasteiger partial charge in [0.25, 0.3) is 0 Å². The van der Waals surface area contributed by atoms with Crippen LogP contribution in [0.25, 0.3) is 0 Å². The molecule has 9 heavy (non-hydrogen) atoms. The monoisotopic (exact) mass is 127 g/mol. The third-order valence-corrected chi connectivity index (χ3v) is 0.883. The highest BCUT2D eigenvalue weighted by molar-refractivity contribution is 5.39. The maximum absolute atomic E-state index is 11.5. The summed E-state index contributed by atoms with van der Waals surface area (Å²) >= 11 is 0. The zero-order valence-electron chi connectivity index (χ0n) is 4.26. The van der Waals surface area contributed by atoms with E-state index >= 15 is 0 Å². The summed E-state index contributed by atoms with van der Waals surface area (Å²) in [6.45, 7) is 0. The topological polar surface area (TPSA) is 12.0 Å². The summed E-state index contributed by atoms with van der Waals surface area (Å²) < 4.78 is 11.5. The molecule has 0 aliphatic heterocycles. The van der Waals surface area contributed by atoms with Crippen LogP contribution in [0.2, 0.25) is 0 Å². The van der Waals surface area contributed by atoms with Crippen LogP contribution in [0, 0.1) is 0 Å². The fourth-order valence-electron chi connectivity index (χ4n) is 0.501. The van der Waals surface area contributed by atoms with E-state index in [0.717, 1.165) is 0 Å². The lowest BCUT2D eigenvalue weighted by Crippen LogP contribution is -1.77. The highest BCUT2D eigenvalue weighted by Crippen LogP contribution is 2.03. The fourth-order valence-corrected chi connectivity index (χ4v) is 0.501. The molecule has 1 aromatic carbocycles. The number of halogens is 1. The van der Waals surface area contributed by atoms with E-state index in [2.05, 4.69) is 0 Å². The quantitative estimate of drug-likeness (QED) is 0.572. The molecule has 1 rings (SSSR count). The van der Waals surface area contributed by atoms with Gasteiger partial charge in [-0.15, -0.1) is 4.48 Å². The molecule has 0 bridgehead atoms. The van der Waals surface area contributed by atoms with Gasteiger partial charge in [-0.05, 0) is 12.1 Å². The third kappa shape index (κ3) is 2.13. The van der Waals surface area contributed by atoms with Crippen LogP contribution >= 0.6 is 0 Å². The summed E-state index contributed by atoms with van der Waals surface area (Å²) in [5, 5.41) is 0. The normalized spacial score (nSPS) is 7.67. The molecule has 0 fully saturated rings. The maximum atomic E-state index is 11.5. The minimum Gasteiger partial charge on any atom is -0.225 e. The predicted octanol–water partition coefficient (Wildman–Crippen LogP) is 2.62. The Balaban J connectivity index is 0.000000640. The Morgan fingerprint density at radius 1 is 1.11 bits per heavy atom. The Kier molecular flexibility index (Phi) is 3.44. The lowest BCUT2D eigenvalue weighted by Gasteiger charge is -1.89. The number of rotatable bonds is 1. The van der Waals surface area contributed by atoms with Gasteiger partial charge in [0.05, 0.1) is 5.69 Å². The fraction of sp³-hybridized carbons (Fsp3) is 0.143. The zero-order chi connectivity index (χ0) is 5.82. The minimum absolute atomic E-state index is 0. The maximum Gasteiger partial charge on any atom is 0.0655 e. The van der Waals surface area contributed by atoms with Gasteiger partial charge >= 0.3 is 0 Å².